The maximum Gasteiger partial charge on any atom is 0.219 e. The average molecular weight is 377 g/mol. The third-order valence-corrected chi connectivity index (χ3v) is 5.34. The van der Waals surface area contributed by atoms with Crippen LogP contribution in [0.4, 0.5) is 0 Å². The van der Waals surface area contributed by atoms with Crippen LogP contribution in [0.2, 0.25) is 0 Å². The molecule has 7 heteroatoms. The SMILES string of the molecule is CC(=O)N1C[C@H](O)C[C@@H](NCc2cccc(CN3CCOCC3)c2)[C@H](O)C1. The summed E-state index contributed by atoms with van der Waals surface area (Å²) in [5.74, 6) is -0.121. The molecule has 1 aromatic carbocycles. The van der Waals surface area contributed by atoms with Crippen LogP contribution in [0, 0.1) is 0 Å². The van der Waals surface area contributed by atoms with Gasteiger partial charge < -0.3 is 25.2 Å². The lowest BCUT2D eigenvalue weighted by Crippen LogP contribution is -2.44. The van der Waals surface area contributed by atoms with Crippen LogP contribution in [-0.4, -0.2) is 83.6 Å². The Morgan fingerprint density at radius 2 is 1.96 bits per heavy atom. The van der Waals surface area contributed by atoms with E-state index in [-0.39, 0.29) is 25.0 Å². The van der Waals surface area contributed by atoms with Gasteiger partial charge in [0.2, 0.25) is 5.91 Å². The van der Waals surface area contributed by atoms with Crippen LogP contribution in [0.1, 0.15) is 24.5 Å². The summed E-state index contributed by atoms with van der Waals surface area (Å²) in [5, 5.41) is 24.0. The summed E-state index contributed by atoms with van der Waals surface area (Å²) in [6, 6.07) is 8.20. The number of nitrogens with zero attached hydrogens (tertiary/aromatic N) is 2. The van der Waals surface area contributed by atoms with E-state index in [0.717, 1.165) is 38.4 Å². The van der Waals surface area contributed by atoms with Gasteiger partial charge in [0, 0.05) is 52.2 Å². The van der Waals surface area contributed by atoms with Gasteiger partial charge in [-0.1, -0.05) is 24.3 Å². The Kier molecular flexibility index (Phi) is 7.20. The second-order valence-corrected chi connectivity index (χ2v) is 7.58. The minimum Gasteiger partial charge on any atom is -0.391 e. The topological polar surface area (TPSA) is 85.3 Å². The highest BCUT2D eigenvalue weighted by molar-refractivity contribution is 5.73. The van der Waals surface area contributed by atoms with Gasteiger partial charge in [0.25, 0.3) is 0 Å². The number of β-amino-alcohol motifs (C(OH)–C–C–N with tert-alkyl or cyclic N) is 2. The van der Waals surface area contributed by atoms with E-state index in [4.69, 9.17) is 4.74 Å². The first-order valence-corrected chi connectivity index (χ1v) is 9.74. The summed E-state index contributed by atoms with van der Waals surface area (Å²) in [5.41, 5.74) is 2.41. The summed E-state index contributed by atoms with van der Waals surface area (Å²) in [6.07, 6.45) is -0.892. The summed E-state index contributed by atoms with van der Waals surface area (Å²) >= 11 is 0. The van der Waals surface area contributed by atoms with Crippen molar-refractivity contribution in [3.63, 3.8) is 0 Å². The van der Waals surface area contributed by atoms with Crippen LogP contribution in [0.25, 0.3) is 0 Å². The van der Waals surface area contributed by atoms with Crippen molar-refractivity contribution < 1.29 is 19.7 Å². The summed E-state index contributed by atoms with van der Waals surface area (Å²) < 4.78 is 5.40. The second kappa shape index (κ2) is 9.61. The van der Waals surface area contributed by atoms with Gasteiger partial charge in [-0.05, 0) is 17.5 Å². The number of carbonyl (C=O) groups excluding carboxylic acids is 1. The molecule has 1 amide bonds. The molecule has 2 aliphatic rings. The maximum absolute atomic E-state index is 11.6. The molecule has 0 spiro atoms. The number of likely N-dealkylation sites (tertiary alicyclic amines) is 1. The van der Waals surface area contributed by atoms with Gasteiger partial charge in [-0.25, -0.2) is 0 Å². The molecule has 0 unspecified atom stereocenters. The zero-order chi connectivity index (χ0) is 19.2. The van der Waals surface area contributed by atoms with Crippen molar-refractivity contribution in [2.45, 2.75) is 44.7 Å². The molecule has 0 aliphatic carbocycles. The van der Waals surface area contributed by atoms with Crippen molar-refractivity contribution in [2.75, 3.05) is 39.4 Å². The van der Waals surface area contributed by atoms with Crippen molar-refractivity contribution in [1.29, 1.82) is 0 Å². The second-order valence-electron chi connectivity index (χ2n) is 7.58. The molecule has 2 aliphatic heterocycles. The Morgan fingerprint density at radius 1 is 1.22 bits per heavy atom. The number of nitrogens with one attached hydrogen (secondary N) is 1. The molecule has 3 rings (SSSR count). The quantitative estimate of drug-likeness (QED) is 0.667. The number of aliphatic hydroxyl groups is 2. The van der Waals surface area contributed by atoms with Gasteiger partial charge in [0.05, 0.1) is 25.4 Å². The highest BCUT2D eigenvalue weighted by atomic mass is 16.5. The van der Waals surface area contributed by atoms with E-state index in [1.54, 1.807) is 0 Å². The van der Waals surface area contributed by atoms with Crippen LogP contribution in [-0.2, 0) is 22.6 Å². The lowest BCUT2D eigenvalue weighted by atomic mass is 10.0. The number of rotatable bonds is 5. The minimum atomic E-state index is -0.692. The van der Waals surface area contributed by atoms with Crippen molar-refractivity contribution in [3.05, 3.63) is 35.4 Å². The van der Waals surface area contributed by atoms with Crippen LogP contribution < -0.4 is 5.32 Å². The number of morpholine rings is 1. The maximum atomic E-state index is 11.6. The Bertz CT molecular complexity index is 621. The molecular formula is C20H31N3O4. The smallest absolute Gasteiger partial charge is 0.219 e. The van der Waals surface area contributed by atoms with Crippen LogP contribution in [0.5, 0.6) is 0 Å². The van der Waals surface area contributed by atoms with E-state index in [0.29, 0.717) is 13.0 Å². The molecule has 2 heterocycles. The molecule has 27 heavy (non-hydrogen) atoms. The zero-order valence-electron chi connectivity index (χ0n) is 16.0. The fraction of sp³-hybridized carbons (Fsp3) is 0.650. The van der Waals surface area contributed by atoms with Crippen LogP contribution in [0.15, 0.2) is 24.3 Å². The Balaban J connectivity index is 1.55. The molecule has 0 aromatic heterocycles. The molecule has 7 nitrogen and oxygen atoms in total. The number of benzene rings is 1. The van der Waals surface area contributed by atoms with Crippen LogP contribution in [0.3, 0.4) is 0 Å². The third kappa shape index (κ3) is 5.99. The fourth-order valence-corrected chi connectivity index (χ4v) is 3.79. The predicted octanol–water partition coefficient (Wildman–Crippen LogP) is -0.0490. The van der Waals surface area contributed by atoms with Crippen molar-refractivity contribution >= 4 is 5.91 Å². The summed E-state index contributed by atoms with van der Waals surface area (Å²) in [4.78, 5) is 15.5. The molecule has 150 valence electrons. The molecular weight excluding hydrogens is 346 g/mol. The van der Waals surface area contributed by atoms with E-state index in [1.165, 1.54) is 17.4 Å². The standard InChI is InChI=1S/C20H31N3O4/c1-15(24)23-13-18(25)10-19(20(26)14-23)21-11-16-3-2-4-17(9-16)12-22-5-7-27-8-6-22/h2-4,9,18-21,25-26H,5-8,10-14H2,1H3/t18-,19-,20-/m1/s1. The highest BCUT2D eigenvalue weighted by Crippen LogP contribution is 2.15. The molecule has 3 atom stereocenters. The first kappa shape index (κ1) is 20.2. The van der Waals surface area contributed by atoms with E-state index in [9.17, 15) is 15.0 Å². The van der Waals surface area contributed by atoms with E-state index < -0.39 is 12.2 Å². The van der Waals surface area contributed by atoms with E-state index in [1.807, 2.05) is 0 Å². The largest absolute Gasteiger partial charge is 0.391 e. The fourth-order valence-electron chi connectivity index (χ4n) is 3.79. The van der Waals surface area contributed by atoms with Gasteiger partial charge >= 0.3 is 0 Å². The van der Waals surface area contributed by atoms with E-state index >= 15 is 0 Å². The lowest BCUT2D eigenvalue weighted by Gasteiger charge is -2.27. The lowest BCUT2D eigenvalue weighted by molar-refractivity contribution is -0.131. The van der Waals surface area contributed by atoms with Gasteiger partial charge in [0.1, 0.15) is 0 Å². The van der Waals surface area contributed by atoms with Gasteiger partial charge in [0.15, 0.2) is 0 Å². The number of carbonyl (C=O) groups is 1. The number of hydrogen-bond donors (Lipinski definition) is 3. The Hall–Kier alpha value is -1.51. The predicted molar refractivity (Wildman–Crippen MR) is 102 cm³/mol. The highest BCUT2D eigenvalue weighted by Gasteiger charge is 2.30. The molecule has 2 saturated heterocycles. The number of ether oxygens (including phenoxy) is 1. The Morgan fingerprint density at radius 3 is 2.70 bits per heavy atom. The number of hydrogen-bond acceptors (Lipinski definition) is 6. The van der Waals surface area contributed by atoms with Crippen molar-refractivity contribution in [2.24, 2.45) is 0 Å². The number of aliphatic hydroxyl groups excluding tert-OH is 2. The van der Waals surface area contributed by atoms with Crippen LogP contribution >= 0.6 is 0 Å². The molecule has 0 saturated carbocycles. The summed E-state index contributed by atoms with van der Waals surface area (Å²) in [7, 11) is 0. The van der Waals surface area contributed by atoms with Gasteiger partial charge in [-0.2, -0.15) is 0 Å². The van der Waals surface area contributed by atoms with Crippen molar-refractivity contribution in [1.82, 2.24) is 15.1 Å². The normalized spacial score (nSPS) is 27.4. The molecule has 0 radical (unpaired) electrons. The van der Waals surface area contributed by atoms with E-state index in [2.05, 4.69) is 34.5 Å². The first-order chi connectivity index (χ1) is 13.0. The first-order valence-electron chi connectivity index (χ1n) is 9.74. The van der Waals surface area contributed by atoms with Crippen molar-refractivity contribution in [3.8, 4) is 0 Å². The summed E-state index contributed by atoms with van der Waals surface area (Å²) in [6.45, 7) is 7.03. The third-order valence-electron chi connectivity index (χ3n) is 5.34. The monoisotopic (exact) mass is 377 g/mol. The minimum absolute atomic E-state index is 0.121. The van der Waals surface area contributed by atoms with Gasteiger partial charge in [-0.3, -0.25) is 9.69 Å². The zero-order valence-corrected chi connectivity index (χ0v) is 16.0. The average Bonchev–Trinajstić information content (AvgIpc) is 2.79. The Labute approximate surface area is 160 Å². The number of amides is 1. The molecule has 3 N–H and O–H groups in total. The molecule has 1 aromatic rings. The molecule has 2 fully saturated rings. The molecule has 0 bridgehead atoms. The van der Waals surface area contributed by atoms with Gasteiger partial charge in [-0.15, -0.1) is 0 Å².